The van der Waals surface area contributed by atoms with E-state index in [1.54, 1.807) is 35.2 Å². The minimum Gasteiger partial charge on any atom is -0.495 e. The molecule has 1 N–H and O–H groups in total. The molecular weight excluding hydrogens is 514 g/mol. The van der Waals surface area contributed by atoms with E-state index in [4.69, 9.17) is 16.3 Å². The maximum Gasteiger partial charge on any atom is 0.243 e. The number of sulfonamides is 1. The van der Waals surface area contributed by atoms with E-state index < -0.39 is 16.1 Å². The summed E-state index contributed by atoms with van der Waals surface area (Å²) in [6.45, 7) is 6.02. The number of rotatable bonds is 14. The summed E-state index contributed by atoms with van der Waals surface area (Å²) in [4.78, 5) is 28.2. The molecule has 0 spiro atoms. The molecule has 8 nitrogen and oxygen atoms in total. The number of benzene rings is 2. The average molecular weight is 552 g/mol. The fourth-order valence-electron chi connectivity index (χ4n) is 3.99. The minimum atomic E-state index is -3.63. The van der Waals surface area contributed by atoms with Gasteiger partial charge in [0.15, 0.2) is 0 Å². The van der Waals surface area contributed by atoms with E-state index in [1.807, 2.05) is 39.0 Å². The van der Waals surface area contributed by atoms with Crippen LogP contribution in [0.3, 0.4) is 0 Å². The number of halogens is 1. The third-order valence-corrected chi connectivity index (χ3v) is 7.74. The molecule has 0 aliphatic carbocycles. The lowest BCUT2D eigenvalue weighted by atomic mass is 10.1. The number of carbonyl (C=O) groups is 2. The smallest absolute Gasteiger partial charge is 0.243 e. The van der Waals surface area contributed by atoms with E-state index in [1.165, 1.54) is 11.4 Å². The highest BCUT2D eigenvalue weighted by Gasteiger charge is 2.30. The van der Waals surface area contributed by atoms with Crippen molar-refractivity contribution in [3.63, 3.8) is 0 Å². The van der Waals surface area contributed by atoms with Gasteiger partial charge in [-0.05, 0) is 49.9 Å². The second-order valence-electron chi connectivity index (χ2n) is 8.97. The van der Waals surface area contributed by atoms with Crippen LogP contribution in [0.15, 0.2) is 48.5 Å². The van der Waals surface area contributed by atoms with Gasteiger partial charge in [-0.3, -0.25) is 13.9 Å². The molecule has 2 aromatic carbocycles. The summed E-state index contributed by atoms with van der Waals surface area (Å²) in [7, 11) is -2.15. The third-order valence-electron chi connectivity index (χ3n) is 6.19. The highest BCUT2D eigenvalue weighted by atomic mass is 35.5. The molecule has 2 rings (SSSR count). The molecule has 10 heteroatoms. The fraction of sp³-hybridized carbons (Fsp3) is 0.481. The Labute approximate surface area is 226 Å². The number of anilines is 1. The minimum absolute atomic E-state index is 0.0250. The topological polar surface area (TPSA) is 96.0 Å². The Bertz CT molecular complexity index is 1160. The van der Waals surface area contributed by atoms with Crippen molar-refractivity contribution < 1.29 is 22.7 Å². The van der Waals surface area contributed by atoms with E-state index in [0.29, 0.717) is 22.9 Å². The van der Waals surface area contributed by atoms with Crippen molar-refractivity contribution in [3.05, 3.63) is 59.1 Å². The van der Waals surface area contributed by atoms with Gasteiger partial charge in [0.05, 0.1) is 19.1 Å². The molecule has 0 aliphatic heterocycles. The summed E-state index contributed by atoms with van der Waals surface area (Å²) >= 11 is 6.38. The van der Waals surface area contributed by atoms with Crippen molar-refractivity contribution in [2.24, 2.45) is 0 Å². The van der Waals surface area contributed by atoms with Gasteiger partial charge in [0.1, 0.15) is 11.8 Å². The molecule has 0 aromatic heterocycles. The quantitative estimate of drug-likeness (QED) is 0.370. The number of hydrogen-bond donors (Lipinski definition) is 1. The van der Waals surface area contributed by atoms with Crippen molar-refractivity contribution in [1.82, 2.24) is 10.2 Å². The molecule has 0 fully saturated rings. The number of para-hydroxylation sites is 2. The van der Waals surface area contributed by atoms with Crippen LogP contribution in [0.1, 0.15) is 52.0 Å². The number of methoxy groups -OCH3 is 1. The van der Waals surface area contributed by atoms with Gasteiger partial charge in [-0.25, -0.2) is 8.42 Å². The molecule has 0 unspecified atom stereocenters. The first kappa shape index (κ1) is 30.4. The molecule has 0 bridgehead atoms. The average Bonchev–Trinajstić information content (AvgIpc) is 2.86. The van der Waals surface area contributed by atoms with E-state index in [-0.39, 0.29) is 43.8 Å². The largest absolute Gasteiger partial charge is 0.495 e. The number of ether oxygens (including phenoxy) is 1. The second-order valence-corrected chi connectivity index (χ2v) is 11.3. The van der Waals surface area contributed by atoms with Crippen molar-refractivity contribution in [2.75, 3.05) is 24.2 Å². The van der Waals surface area contributed by atoms with Crippen LogP contribution >= 0.6 is 11.6 Å². The molecule has 0 heterocycles. The summed E-state index contributed by atoms with van der Waals surface area (Å²) in [6, 6.07) is 13.3. The van der Waals surface area contributed by atoms with E-state index >= 15 is 0 Å². The van der Waals surface area contributed by atoms with Gasteiger partial charge in [-0.15, -0.1) is 0 Å². The lowest BCUT2D eigenvalue weighted by molar-refractivity contribution is -0.141. The molecule has 0 aliphatic rings. The first-order valence-electron chi connectivity index (χ1n) is 12.5. The first-order valence-corrected chi connectivity index (χ1v) is 14.7. The Morgan fingerprint density at radius 3 is 2.30 bits per heavy atom. The molecule has 0 saturated carbocycles. The summed E-state index contributed by atoms with van der Waals surface area (Å²) in [6.07, 6.45) is 2.63. The first-order chi connectivity index (χ1) is 17.5. The SMILES string of the molecule is CC[C@H](C)NC(=O)[C@H](CC)N(Cc1ccccc1Cl)C(=O)CCCN(c1ccccc1OC)S(C)(=O)=O. The standard InChI is InChI=1S/C27H38ClN3O5S/c1-6-20(3)29-27(33)23(7-2)30(19-21-13-8-9-14-22(21)28)26(32)17-12-18-31(37(5,34)35)24-15-10-11-16-25(24)36-4/h8-11,13-16,20,23H,6-7,12,17-19H2,1-5H3,(H,29,33)/t20-,23-/m0/s1. The fourth-order valence-corrected chi connectivity index (χ4v) is 5.15. The predicted molar refractivity (Wildman–Crippen MR) is 148 cm³/mol. The van der Waals surface area contributed by atoms with Crippen LogP contribution in [-0.4, -0.2) is 57.1 Å². The molecule has 2 amide bonds. The Morgan fingerprint density at radius 2 is 1.70 bits per heavy atom. The van der Waals surface area contributed by atoms with Crippen molar-refractivity contribution in [2.45, 2.75) is 65.1 Å². The zero-order valence-electron chi connectivity index (χ0n) is 22.2. The number of nitrogens with one attached hydrogen (secondary N) is 1. The molecule has 37 heavy (non-hydrogen) atoms. The number of hydrogen-bond acceptors (Lipinski definition) is 5. The van der Waals surface area contributed by atoms with E-state index in [2.05, 4.69) is 5.32 Å². The van der Waals surface area contributed by atoms with E-state index in [0.717, 1.165) is 18.2 Å². The van der Waals surface area contributed by atoms with Gasteiger partial charge in [-0.1, -0.05) is 55.8 Å². The Morgan fingerprint density at radius 1 is 1.05 bits per heavy atom. The Hall–Kier alpha value is -2.78. The zero-order chi connectivity index (χ0) is 27.6. The van der Waals surface area contributed by atoms with Gasteiger partial charge in [0, 0.05) is 30.6 Å². The number of amides is 2. The van der Waals surface area contributed by atoms with Crippen molar-refractivity contribution >= 4 is 39.1 Å². The second kappa shape index (κ2) is 14.2. The van der Waals surface area contributed by atoms with Gasteiger partial charge in [0.2, 0.25) is 21.8 Å². The highest BCUT2D eigenvalue weighted by Crippen LogP contribution is 2.30. The predicted octanol–water partition coefficient (Wildman–Crippen LogP) is 4.62. The summed E-state index contributed by atoms with van der Waals surface area (Å²) in [5.74, 6) is -0.0454. The van der Waals surface area contributed by atoms with Crippen LogP contribution in [0.5, 0.6) is 5.75 Å². The number of nitrogens with zero attached hydrogens (tertiary/aromatic N) is 2. The molecule has 2 atom stereocenters. The zero-order valence-corrected chi connectivity index (χ0v) is 23.8. The Balaban J connectivity index is 2.26. The highest BCUT2D eigenvalue weighted by molar-refractivity contribution is 7.92. The monoisotopic (exact) mass is 551 g/mol. The molecular formula is C27H38ClN3O5S. The molecule has 0 saturated heterocycles. The van der Waals surface area contributed by atoms with E-state index in [9.17, 15) is 18.0 Å². The van der Waals surface area contributed by atoms with Crippen LogP contribution in [0, 0.1) is 0 Å². The van der Waals surface area contributed by atoms with Gasteiger partial charge >= 0.3 is 0 Å². The van der Waals surface area contributed by atoms with Gasteiger partial charge < -0.3 is 15.0 Å². The molecule has 0 radical (unpaired) electrons. The molecule has 2 aromatic rings. The summed E-state index contributed by atoms with van der Waals surface area (Å²) in [5, 5.41) is 3.49. The summed E-state index contributed by atoms with van der Waals surface area (Å²) in [5.41, 5.74) is 1.14. The maximum absolute atomic E-state index is 13.5. The summed E-state index contributed by atoms with van der Waals surface area (Å²) < 4.78 is 31.7. The normalized spacial score (nSPS) is 12.9. The van der Waals surface area contributed by atoms with Crippen LogP contribution in [-0.2, 0) is 26.2 Å². The van der Waals surface area contributed by atoms with Gasteiger partial charge in [-0.2, -0.15) is 0 Å². The van der Waals surface area contributed by atoms with Crippen LogP contribution in [0.25, 0.3) is 0 Å². The lowest BCUT2D eigenvalue weighted by Gasteiger charge is -2.32. The number of carbonyl (C=O) groups excluding carboxylic acids is 2. The third kappa shape index (κ3) is 8.64. The van der Waals surface area contributed by atoms with Crippen molar-refractivity contribution in [1.29, 1.82) is 0 Å². The van der Waals surface area contributed by atoms with Crippen LogP contribution in [0.4, 0.5) is 5.69 Å². The Kier molecular flexibility index (Phi) is 11.7. The lowest BCUT2D eigenvalue weighted by Crippen LogP contribution is -2.50. The maximum atomic E-state index is 13.5. The van der Waals surface area contributed by atoms with Gasteiger partial charge in [0.25, 0.3) is 0 Å². The van der Waals surface area contributed by atoms with Crippen LogP contribution in [0.2, 0.25) is 5.02 Å². The van der Waals surface area contributed by atoms with Crippen molar-refractivity contribution in [3.8, 4) is 5.75 Å². The van der Waals surface area contributed by atoms with Crippen LogP contribution < -0.4 is 14.4 Å². The molecule has 204 valence electrons.